The van der Waals surface area contributed by atoms with Crippen molar-refractivity contribution < 1.29 is 4.74 Å². The van der Waals surface area contributed by atoms with Gasteiger partial charge in [-0.25, -0.2) is 4.99 Å². The third-order valence-electron chi connectivity index (χ3n) is 2.35. The van der Waals surface area contributed by atoms with E-state index < -0.39 is 0 Å². The summed E-state index contributed by atoms with van der Waals surface area (Å²) in [4.78, 5) is 6.39. The second-order valence-electron chi connectivity index (χ2n) is 3.97. The van der Waals surface area contributed by atoms with Crippen molar-refractivity contribution in [1.29, 1.82) is 0 Å². The van der Waals surface area contributed by atoms with Crippen LogP contribution in [0.2, 0.25) is 0 Å². The van der Waals surface area contributed by atoms with E-state index in [4.69, 9.17) is 4.74 Å². The van der Waals surface area contributed by atoms with Gasteiger partial charge in [-0.2, -0.15) is 0 Å². The third kappa shape index (κ3) is 4.45. The van der Waals surface area contributed by atoms with E-state index in [1.807, 2.05) is 51.0 Å². The van der Waals surface area contributed by atoms with E-state index in [2.05, 4.69) is 17.1 Å². The van der Waals surface area contributed by atoms with E-state index in [0.29, 0.717) is 6.61 Å². The van der Waals surface area contributed by atoms with Crippen LogP contribution in [0.4, 0.5) is 0 Å². The first-order chi connectivity index (χ1) is 7.59. The Morgan fingerprint density at radius 2 is 1.94 bits per heavy atom. The summed E-state index contributed by atoms with van der Waals surface area (Å²) in [5.74, 6) is 0.973. The predicted molar refractivity (Wildman–Crippen MR) is 67.5 cm³/mol. The lowest BCUT2D eigenvalue weighted by molar-refractivity contribution is 0.0586. The van der Waals surface area contributed by atoms with Crippen molar-refractivity contribution in [2.75, 3.05) is 14.1 Å². The van der Waals surface area contributed by atoms with Crippen molar-refractivity contribution in [3.63, 3.8) is 0 Å². The molecule has 1 rings (SSSR count). The smallest absolute Gasteiger partial charge is 0.147 e. The molecule has 0 heterocycles. The van der Waals surface area contributed by atoms with Crippen LogP contribution in [0.3, 0.4) is 0 Å². The fourth-order valence-electron chi connectivity index (χ4n) is 1.21. The third-order valence-corrected chi connectivity index (χ3v) is 2.35. The van der Waals surface area contributed by atoms with E-state index in [-0.39, 0.29) is 6.23 Å². The van der Waals surface area contributed by atoms with Gasteiger partial charge < -0.3 is 9.64 Å². The van der Waals surface area contributed by atoms with Gasteiger partial charge in [0, 0.05) is 14.1 Å². The first-order valence-electron chi connectivity index (χ1n) is 5.47. The number of hydrogen-bond acceptors (Lipinski definition) is 2. The standard InChI is InChI=1S/C13H20N2O/c1-11(15(3)4)14-12(2)16-10-13-8-6-5-7-9-13/h5-9,12H,10H2,1-4H3/b14-11+. The second kappa shape index (κ2) is 6.28. The highest BCUT2D eigenvalue weighted by Crippen LogP contribution is 2.04. The molecule has 0 saturated carbocycles. The SMILES string of the molecule is C/C(=N\C(C)OCc1ccccc1)N(C)C. The summed E-state index contributed by atoms with van der Waals surface area (Å²) in [5, 5.41) is 0. The maximum absolute atomic E-state index is 5.63. The minimum absolute atomic E-state index is 0.109. The molecule has 0 aromatic heterocycles. The van der Waals surface area contributed by atoms with Crippen molar-refractivity contribution in [3.8, 4) is 0 Å². The fourth-order valence-corrected chi connectivity index (χ4v) is 1.21. The molecule has 1 aromatic rings. The van der Waals surface area contributed by atoms with Gasteiger partial charge in [0.2, 0.25) is 0 Å². The maximum atomic E-state index is 5.63. The molecule has 0 saturated heterocycles. The lowest BCUT2D eigenvalue weighted by atomic mass is 10.2. The quantitative estimate of drug-likeness (QED) is 0.575. The van der Waals surface area contributed by atoms with Crippen molar-refractivity contribution in [2.24, 2.45) is 4.99 Å². The molecule has 0 spiro atoms. The molecule has 0 N–H and O–H groups in total. The van der Waals surface area contributed by atoms with Gasteiger partial charge >= 0.3 is 0 Å². The first kappa shape index (κ1) is 12.7. The fraction of sp³-hybridized carbons (Fsp3) is 0.462. The first-order valence-corrected chi connectivity index (χ1v) is 5.47. The average Bonchev–Trinajstić information content (AvgIpc) is 2.27. The lowest BCUT2D eigenvalue weighted by Crippen LogP contribution is -2.21. The molecular weight excluding hydrogens is 200 g/mol. The van der Waals surface area contributed by atoms with Gasteiger partial charge in [-0.3, -0.25) is 0 Å². The Hall–Kier alpha value is -1.35. The molecule has 1 unspecified atom stereocenters. The largest absolute Gasteiger partial charge is 0.367 e. The zero-order valence-corrected chi connectivity index (χ0v) is 10.5. The lowest BCUT2D eigenvalue weighted by Gasteiger charge is -2.15. The zero-order valence-electron chi connectivity index (χ0n) is 10.5. The summed E-state index contributed by atoms with van der Waals surface area (Å²) >= 11 is 0. The monoisotopic (exact) mass is 220 g/mol. The molecule has 88 valence electrons. The Morgan fingerprint density at radius 1 is 1.31 bits per heavy atom. The van der Waals surface area contributed by atoms with Crippen LogP contribution in [0.5, 0.6) is 0 Å². The van der Waals surface area contributed by atoms with Crippen molar-refractivity contribution in [1.82, 2.24) is 4.90 Å². The molecule has 0 aliphatic carbocycles. The van der Waals surface area contributed by atoms with Crippen molar-refractivity contribution >= 4 is 5.84 Å². The number of ether oxygens (including phenoxy) is 1. The summed E-state index contributed by atoms with van der Waals surface area (Å²) in [5.41, 5.74) is 1.17. The Kier molecular flexibility index (Phi) is 4.99. The van der Waals surface area contributed by atoms with Crippen LogP contribution in [-0.2, 0) is 11.3 Å². The van der Waals surface area contributed by atoms with Gasteiger partial charge in [0.05, 0.1) is 12.4 Å². The number of benzene rings is 1. The van der Waals surface area contributed by atoms with Crippen LogP contribution in [0.15, 0.2) is 35.3 Å². The van der Waals surface area contributed by atoms with Gasteiger partial charge in [-0.1, -0.05) is 30.3 Å². The zero-order chi connectivity index (χ0) is 12.0. The van der Waals surface area contributed by atoms with Crippen LogP contribution in [0, 0.1) is 0 Å². The highest BCUT2D eigenvalue weighted by atomic mass is 16.5. The molecule has 0 aliphatic rings. The maximum Gasteiger partial charge on any atom is 0.147 e. The van der Waals surface area contributed by atoms with Crippen LogP contribution in [0.1, 0.15) is 19.4 Å². The Labute approximate surface area is 97.8 Å². The van der Waals surface area contributed by atoms with Crippen molar-refractivity contribution in [2.45, 2.75) is 26.7 Å². The van der Waals surface area contributed by atoms with Gasteiger partial charge in [-0.05, 0) is 19.4 Å². The minimum atomic E-state index is -0.109. The summed E-state index contributed by atoms with van der Waals surface area (Å²) < 4.78 is 5.63. The van der Waals surface area contributed by atoms with E-state index in [1.54, 1.807) is 0 Å². The van der Waals surface area contributed by atoms with Gasteiger partial charge in [0.1, 0.15) is 6.23 Å². The Bertz CT molecular complexity index is 333. The summed E-state index contributed by atoms with van der Waals surface area (Å²) in [6, 6.07) is 10.1. The summed E-state index contributed by atoms with van der Waals surface area (Å²) in [6.45, 7) is 4.53. The van der Waals surface area contributed by atoms with Crippen LogP contribution in [0.25, 0.3) is 0 Å². The molecule has 0 bridgehead atoms. The van der Waals surface area contributed by atoms with Crippen LogP contribution < -0.4 is 0 Å². The highest BCUT2D eigenvalue weighted by Gasteiger charge is 2.01. The van der Waals surface area contributed by atoms with Gasteiger partial charge in [-0.15, -0.1) is 0 Å². The molecule has 0 aliphatic heterocycles. The second-order valence-corrected chi connectivity index (χ2v) is 3.97. The number of amidine groups is 1. The topological polar surface area (TPSA) is 24.8 Å². The normalized spacial score (nSPS) is 13.6. The van der Waals surface area contributed by atoms with Gasteiger partial charge in [0.15, 0.2) is 0 Å². The van der Waals surface area contributed by atoms with Crippen LogP contribution in [-0.4, -0.2) is 31.1 Å². The molecule has 0 fully saturated rings. The molecular formula is C13H20N2O. The molecule has 1 atom stereocenters. The number of nitrogens with zero attached hydrogens (tertiary/aromatic N) is 2. The Morgan fingerprint density at radius 3 is 2.50 bits per heavy atom. The predicted octanol–water partition coefficient (Wildman–Crippen LogP) is 2.53. The van der Waals surface area contributed by atoms with E-state index >= 15 is 0 Å². The number of aliphatic imine (C=N–C) groups is 1. The molecule has 0 amide bonds. The summed E-state index contributed by atoms with van der Waals surface area (Å²) in [6.07, 6.45) is -0.109. The molecule has 0 radical (unpaired) electrons. The minimum Gasteiger partial charge on any atom is -0.367 e. The molecule has 3 nitrogen and oxygen atoms in total. The van der Waals surface area contributed by atoms with E-state index in [9.17, 15) is 0 Å². The highest BCUT2D eigenvalue weighted by molar-refractivity contribution is 5.79. The molecule has 16 heavy (non-hydrogen) atoms. The van der Waals surface area contributed by atoms with Crippen molar-refractivity contribution in [3.05, 3.63) is 35.9 Å². The molecule has 3 heteroatoms. The summed E-state index contributed by atoms with van der Waals surface area (Å²) in [7, 11) is 3.95. The Balaban J connectivity index is 2.42. The average molecular weight is 220 g/mol. The molecule has 1 aromatic carbocycles. The number of rotatable bonds is 4. The van der Waals surface area contributed by atoms with E-state index in [0.717, 1.165) is 5.84 Å². The number of hydrogen-bond donors (Lipinski definition) is 0. The van der Waals surface area contributed by atoms with Crippen LogP contribution >= 0.6 is 0 Å². The van der Waals surface area contributed by atoms with E-state index in [1.165, 1.54) is 5.56 Å². The van der Waals surface area contributed by atoms with Gasteiger partial charge in [0.25, 0.3) is 0 Å².